The van der Waals surface area contributed by atoms with Crippen molar-refractivity contribution in [2.45, 2.75) is 23.7 Å². The second kappa shape index (κ2) is 5.04. The smallest absolute Gasteiger partial charge is 0.258 e. The van der Waals surface area contributed by atoms with E-state index in [9.17, 15) is 18.5 Å². The van der Waals surface area contributed by atoms with Crippen LogP contribution in [0, 0.1) is 10.1 Å². The van der Waals surface area contributed by atoms with Gasteiger partial charge in [-0.25, -0.2) is 8.42 Å². The SMILES string of the molecule is O=[N+]([O-])c1ccccc1S(=O)(=O)Nc1nnc(C2CC2)s1. The molecule has 0 amide bonds. The van der Waals surface area contributed by atoms with E-state index in [1.807, 2.05) is 0 Å². The van der Waals surface area contributed by atoms with E-state index < -0.39 is 25.5 Å². The van der Waals surface area contributed by atoms with Crippen molar-refractivity contribution < 1.29 is 13.3 Å². The molecule has 8 nitrogen and oxygen atoms in total. The Bertz CT molecular complexity index is 798. The van der Waals surface area contributed by atoms with Crippen LogP contribution in [-0.4, -0.2) is 23.5 Å². The molecule has 0 spiro atoms. The van der Waals surface area contributed by atoms with E-state index in [-0.39, 0.29) is 5.13 Å². The number of aromatic nitrogens is 2. The summed E-state index contributed by atoms with van der Waals surface area (Å²) in [7, 11) is -4.06. The van der Waals surface area contributed by atoms with Crippen molar-refractivity contribution in [3.8, 4) is 0 Å². The molecule has 110 valence electrons. The number of nitro groups is 1. The molecule has 1 heterocycles. The first kappa shape index (κ1) is 13.9. The Balaban J connectivity index is 1.91. The first-order valence-electron chi connectivity index (χ1n) is 6.07. The van der Waals surface area contributed by atoms with Crippen LogP contribution in [0.15, 0.2) is 29.2 Å². The van der Waals surface area contributed by atoms with Crippen LogP contribution in [0.2, 0.25) is 0 Å². The van der Waals surface area contributed by atoms with Crippen molar-refractivity contribution in [3.63, 3.8) is 0 Å². The van der Waals surface area contributed by atoms with Crippen LogP contribution < -0.4 is 4.72 Å². The highest BCUT2D eigenvalue weighted by Gasteiger charge is 2.30. The van der Waals surface area contributed by atoms with Gasteiger partial charge >= 0.3 is 0 Å². The summed E-state index contributed by atoms with van der Waals surface area (Å²) in [5.41, 5.74) is -0.475. The summed E-state index contributed by atoms with van der Waals surface area (Å²) in [6, 6.07) is 5.16. The molecule has 0 saturated heterocycles. The minimum absolute atomic E-state index is 0.120. The summed E-state index contributed by atoms with van der Waals surface area (Å²) in [6.07, 6.45) is 2.07. The lowest BCUT2D eigenvalue weighted by Crippen LogP contribution is -2.14. The molecular formula is C11H10N4O4S2. The Labute approximate surface area is 124 Å². The summed E-state index contributed by atoms with van der Waals surface area (Å²) < 4.78 is 26.7. The highest BCUT2D eigenvalue weighted by molar-refractivity contribution is 7.93. The normalized spacial score (nSPS) is 14.9. The molecule has 1 aromatic heterocycles. The monoisotopic (exact) mass is 326 g/mol. The minimum Gasteiger partial charge on any atom is -0.258 e. The number of para-hydroxylation sites is 1. The van der Waals surface area contributed by atoms with Gasteiger partial charge in [-0.05, 0) is 18.9 Å². The van der Waals surface area contributed by atoms with Crippen molar-refractivity contribution in [1.29, 1.82) is 0 Å². The number of benzene rings is 1. The fraction of sp³-hybridized carbons (Fsp3) is 0.273. The highest BCUT2D eigenvalue weighted by atomic mass is 32.2. The molecule has 1 saturated carbocycles. The molecule has 0 bridgehead atoms. The van der Waals surface area contributed by atoms with Gasteiger partial charge in [0.1, 0.15) is 5.01 Å². The fourth-order valence-electron chi connectivity index (χ4n) is 1.78. The van der Waals surface area contributed by atoms with Gasteiger partial charge in [-0.1, -0.05) is 23.5 Å². The van der Waals surface area contributed by atoms with E-state index in [1.165, 1.54) is 18.2 Å². The number of anilines is 1. The number of nitro benzene ring substituents is 1. The van der Waals surface area contributed by atoms with E-state index in [0.717, 1.165) is 35.3 Å². The quantitative estimate of drug-likeness (QED) is 0.664. The predicted molar refractivity (Wildman–Crippen MR) is 75.8 cm³/mol. The van der Waals surface area contributed by atoms with Gasteiger partial charge in [0.2, 0.25) is 5.13 Å². The van der Waals surface area contributed by atoms with Crippen LogP contribution in [0.25, 0.3) is 0 Å². The minimum atomic E-state index is -4.06. The summed E-state index contributed by atoms with van der Waals surface area (Å²) in [5.74, 6) is 0.367. The van der Waals surface area contributed by atoms with Crippen molar-refractivity contribution in [2.24, 2.45) is 0 Å². The van der Waals surface area contributed by atoms with Crippen molar-refractivity contribution in [3.05, 3.63) is 39.4 Å². The molecule has 10 heteroatoms. The summed E-state index contributed by atoms with van der Waals surface area (Å²) in [5, 5.41) is 19.5. The van der Waals surface area contributed by atoms with Gasteiger partial charge < -0.3 is 0 Å². The zero-order valence-corrected chi connectivity index (χ0v) is 12.2. The van der Waals surface area contributed by atoms with Crippen LogP contribution in [0.5, 0.6) is 0 Å². The number of nitrogens with zero attached hydrogens (tertiary/aromatic N) is 3. The summed E-state index contributed by atoms with van der Waals surface area (Å²) in [6.45, 7) is 0. The largest absolute Gasteiger partial charge is 0.289 e. The third-order valence-corrected chi connectivity index (χ3v) is 5.46. The average Bonchev–Trinajstić information content (AvgIpc) is 3.20. The zero-order valence-electron chi connectivity index (χ0n) is 10.6. The van der Waals surface area contributed by atoms with E-state index in [2.05, 4.69) is 14.9 Å². The van der Waals surface area contributed by atoms with Crippen LogP contribution >= 0.6 is 11.3 Å². The van der Waals surface area contributed by atoms with E-state index in [0.29, 0.717) is 5.92 Å². The topological polar surface area (TPSA) is 115 Å². The molecule has 21 heavy (non-hydrogen) atoms. The summed E-state index contributed by atoms with van der Waals surface area (Å²) >= 11 is 1.16. The van der Waals surface area contributed by atoms with Gasteiger partial charge in [-0.3, -0.25) is 14.8 Å². The van der Waals surface area contributed by atoms with Gasteiger partial charge in [-0.2, -0.15) is 0 Å². The molecule has 0 radical (unpaired) electrons. The average molecular weight is 326 g/mol. The van der Waals surface area contributed by atoms with Crippen LogP contribution in [-0.2, 0) is 10.0 Å². The molecular weight excluding hydrogens is 316 g/mol. The maximum absolute atomic E-state index is 12.2. The second-order valence-corrected chi connectivity index (χ2v) is 7.21. The van der Waals surface area contributed by atoms with Crippen molar-refractivity contribution in [2.75, 3.05) is 4.72 Å². The maximum Gasteiger partial charge on any atom is 0.289 e. The highest BCUT2D eigenvalue weighted by Crippen LogP contribution is 2.42. The molecule has 2 aromatic rings. The third kappa shape index (κ3) is 2.85. The van der Waals surface area contributed by atoms with Gasteiger partial charge in [0.25, 0.3) is 15.7 Å². The number of rotatable bonds is 5. The Hall–Kier alpha value is -2.07. The fourth-order valence-corrected chi connectivity index (χ4v) is 4.09. The van der Waals surface area contributed by atoms with E-state index >= 15 is 0 Å². The van der Waals surface area contributed by atoms with Crippen LogP contribution in [0.4, 0.5) is 10.8 Å². The van der Waals surface area contributed by atoms with Gasteiger partial charge in [0, 0.05) is 12.0 Å². The second-order valence-electron chi connectivity index (χ2n) is 4.55. The molecule has 0 unspecified atom stereocenters. The molecule has 1 aliphatic carbocycles. The van der Waals surface area contributed by atoms with Gasteiger partial charge in [0.15, 0.2) is 4.90 Å². The van der Waals surface area contributed by atoms with Gasteiger partial charge in [0.05, 0.1) is 4.92 Å². The Morgan fingerprint density at radius 3 is 2.67 bits per heavy atom. The molecule has 0 atom stereocenters. The zero-order chi connectivity index (χ0) is 15.0. The Kier molecular flexibility index (Phi) is 3.33. The lowest BCUT2D eigenvalue weighted by Gasteiger charge is -2.04. The molecule has 0 aliphatic heterocycles. The predicted octanol–water partition coefficient (Wildman–Crippen LogP) is 2.12. The number of hydrogen-bond acceptors (Lipinski definition) is 7. The first-order chi connectivity index (χ1) is 9.97. The van der Waals surface area contributed by atoms with Crippen molar-refractivity contribution in [1.82, 2.24) is 10.2 Å². The Morgan fingerprint density at radius 2 is 2.00 bits per heavy atom. The maximum atomic E-state index is 12.2. The summed E-state index contributed by atoms with van der Waals surface area (Å²) in [4.78, 5) is 9.79. The Morgan fingerprint density at radius 1 is 1.29 bits per heavy atom. The lowest BCUT2D eigenvalue weighted by atomic mass is 10.3. The van der Waals surface area contributed by atoms with Crippen molar-refractivity contribution >= 4 is 32.2 Å². The van der Waals surface area contributed by atoms with E-state index in [4.69, 9.17) is 0 Å². The number of nitrogens with one attached hydrogen (secondary N) is 1. The first-order valence-corrected chi connectivity index (χ1v) is 8.37. The van der Waals surface area contributed by atoms with Gasteiger partial charge in [-0.15, -0.1) is 10.2 Å². The molecule has 1 N–H and O–H groups in total. The van der Waals surface area contributed by atoms with Crippen LogP contribution in [0.1, 0.15) is 23.8 Å². The lowest BCUT2D eigenvalue weighted by molar-refractivity contribution is -0.387. The molecule has 1 aliphatic rings. The third-order valence-electron chi connectivity index (χ3n) is 2.94. The number of sulfonamides is 1. The molecule has 3 rings (SSSR count). The molecule has 1 aromatic carbocycles. The van der Waals surface area contributed by atoms with Crippen LogP contribution in [0.3, 0.4) is 0 Å². The standard InChI is InChI=1S/C11H10N4O4S2/c16-15(17)8-3-1-2-4-9(8)21(18,19)14-11-13-12-10(20-11)7-5-6-7/h1-4,7H,5-6H2,(H,13,14). The van der Waals surface area contributed by atoms with E-state index in [1.54, 1.807) is 0 Å². The number of hydrogen-bond donors (Lipinski definition) is 1. The molecule has 1 fully saturated rings.